The van der Waals surface area contributed by atoms with Crippen LogP contribution in [0.2, 0.25) is 0 Å². The molecule has 3 rings (SSSR count). The minimum absolute atomic E-state index is 0.272. The summed E-state index contributed by atoms with van der Waals surface area (Å²) < 4.78 is 70.0. The molecule has 0 spiro atoms. The van der Waals surface area contributed by atoms with Crippen molar-refractivity contribution in [3.8, 4) is 0 Å². The average molecular weight is 267 g/mol. The van der Waals surface area contributed by atoms with Crippen molar-refractivity contribution in [2.24, 2.45) is 0 Å². The molecule has 6 nitrogen and oxygen atoms in total. The Balaban J connectivity index is 2.31. The third kappa shape index (κ3) is 1.64. The van der Waals surface area contributed by atoms with Crippen molar-refractivity contribution in [1.29, 1.82) is 0 Å². The van der Waals surface area contributed by atoms with Crippen LogP contribution in [0.5, 0.6) is 0 Å². The number of nitrogens with one attached hydrogen (secondary N) is 1. The second kappa shape index (κ2) is 4.01. The van der Waals surface area contributed by atoms with Crippen molar-refractivity contribution < 1.29 is 31.5 Å². The van der Waals surface area contributed by atoms with Gasteiger partial charge in [-0.15, -0.1) is 0 Å². The van der Waals surface area contributed by atoms with Crippen LogP contribution in [0, 0.1) is 0 Å². The molecule has 2 heterocycles. The fourth-order valence-corrected chi connectivity index (χ4v) is 1.68. The van der Waals surface area contributed by atoms with Crippen LogP contribution in [-0.4, -0.2) is 34.5 Å². The Morgan fingerprint density at radius 1 is 1.21 bits per heavy atom. The number of carbonyl (C=O) groups excluding carboxylic acids is 4. The summed E-state index contributed by atoms with van der Waals surface area (Å²) >= 11 is 0. The van der Waals surface area contributed by atoms with E-state index in [4.69, 9.17) is 12.3 Å². The van der Waals surface area contributed by atoms with Crippen molar-refractivity contribution in [3.05, 3.63) is 35.3 Å². The number of hydrogen-bond acceptors (Lipinski definition) is 4. The highest BCUT2D eigenvalue weighted by Crippen LogP contribution is 2.26. The fourth-order valence-electron chi connectivity index (χ4n) is 1.68. The highest BCUT2D eigenvalue weighted by Gasteiger charge is 2.44. The Morgan fingerprint density at radius 3 is 2.37 bits per heavy atom. The van der Waals surface area contributed by atoms with Crippen molar-refractivity contribution >= 4 is 23.6 Å². The van der Waals surface area contributed by atoms with E-state index in [1.54, 1.807) is 0 Å². The van der Waals surface area contributed by atoms with Crippen LogP contribution >= 0.6 is 0 Å². The molecule has 1 aromatic rings. The summed E-state index contributed by atoms with van der Waals surface area (Å²) in [7, 11) is 0. The number of nitrogens with zero attached hydrogens (tertiary/aromatic N) is 1. The normalized spacial score (nSPS) is 38.5. The molecule has 2 aliphatic rings. The lowest BCUT2D eigenvalue weighted by Gasteiger charge is -2.27. The zero-order chi connectivity index (χ0) is 21.6. The third-order valence-electron chi connectivity index (χ3n) is 2.48. The first kappa shape index (κ1) is 5.24. The lowest BCUT2D eigenvalue weighted by atomic mass is 10.0. The molecule has 2 aliphatic heterocycles. The molecule has 1 atom stereocenters. The predicted molar refractivity (Wildman–Crippen MR) is 63.1 cm³/mol. The van der Waals surface area contributed by atoms with Crippen molar-refractivity contribution in [1.82, 2.24) is 10.2 Å². The first-order valence-corrected chi connectivity index (χ1v) is 4.99. The van der Waals surface area contributed by atoms with E-state index in [0.29, 0.717) is 0 Å². The Morgan fingerprint density at radius 2 is 1.79 bits per heavy atom. The first-order valence-electron chi connectivity index (χ1n) is 9.49. The Kier molecular flexibility index (Phi) is 1.11. The molecule has 1 N–H and O–H groups in total. The van der Waals surface area contributed by atoms with Crippen LogP contribution in [0.3, 0.4) is 0 Å². The summed E-state index contributed by atoms with van der Waals surface area (Å²) in [6.07, 6.45) is -7.20. The smallest absolute Gasteiger partial charge is 0.262 e. The summed E-state index contributed by atoms with van der Waals surface area (Å²) in [5.41, 5.74) is -1.74. The molecule has 0 bridgehead atoms. The van der Waals surface area contributed by atoms with Crippen LogP contribution in [0.4, 0.5) is 0 Å². The molecule has 0 saturated carbocycles. The van der Waals surface area contributed by atoms with Gasteiger partial charge in [0.2, 0.25) is 11.8 Å². The van der Waals surface area contributed by atoms with E-state index in [-0.39, 0.29) is 4.90 Å². The quantitative estimate of drug-likeness (QED) is 0.731. The monoisotopic (exact) mass is 267 g/mol. The molecular formula is C13H10N2O4. The van der Waals surface area contributed by atoms with Gasteiger partial charge in [0.1, 0.15) is 6.02 Å². The molecule has 1 fully saturated rings. The summed E-state index contributed by atoms with van der Waals surface area (Å²) in [4.78, 5) is 49.3. The molecule has 1 aromatic carbocycles. The summed E-state index contributed by atoms with van der Waals surface area (Å²) in [6, 6.07) is -7.20. The minimum atomic E-state index is -3.70. The number of piperidine rings is 1. The van der Waals surface area contributed by atoms with Gasteiger partial charge in [-0.3, -0.25) is 29.4 Å². The van der Waals surface area contributed by atoms with Gasteiger partial charge in [-0.1, -0.05) is 12.1 Å². The van der Waals surface area contributed by atoms with Gasteiger partial charge in [-0.2, -0.15) is 0 Å². The number of hydrogen-bond donors (Lipinski definition) is 1. The molecule has 0 aliphatic carbocycles. The molecular weight excluding hydrogens is 248 g/mol. The van der Waals surface area contributed by atoms with Crippen LogP contribution in [0.25, 0.3) is 0 Å². The Bertz CT molecular complexity index is 961. The second-order valence-electron chi connectivity index (χ2n) is 3.58. The topological polar surface area (TPSA) is 83.6 Å². The predicted octanol–water partition coefficient (Wildman–Crippen LogP) is 0.0878. The van der Waals surface area contributed by atoms with E-state index < -0.39 is 77.7 Å². The highest BCUT2D eigenvalue weighted by atomic mass is 16.2. The second-order valence-corrected chi connectivity index (χ2v) is 3.58. The minimum Gasteiger partial charge on any atom is -0.295 e. The van der Waals surface area contributed by atoms with Crippen molar-refractivity contribution in [3.63, 3.8) is 0 Å². The van der Waals surface area contributed by atoms with Crippen molar-refractivity contribution in [2.75, 3.05) is 0 Å². The first-order chi connectivity index (χ1) is 12.6. The van der Waals surface area contributed by atoms with E-state index in [1.165, 1.54) is 5.32 Å². The standard InChI is InChI=1S/C13H10N2O4/c16-10-6-5-9(11(17)14-10)15-12(18)7-3-1-2-4-8(7)13(15)19/h1-4,9H,5-6H2,(H,14,16,17)/t9-/m1/s1/i1D,2D,3D,4D,5D2,6D2,9D. The average Bonchev–Trinajstić information content (AvgIpc) is 2.86. The van der Waals surface area contributed by atoms with Gasteiger partial charge in [0.05, 0.1) is 18.0 Å². The van der Waals surface area contributed by atoms with Gasteiger partial charge in [0.15, 0.2) is 0 Å². The molecule has 0 unspecified atom stereocenters. The Labute approximate surface area is 121 Å². The number of amides is 4. The van der Waals surface area contributed by atoms with Crippen molar-refractivity contribution in [2.45, 2.75) is 18.8 Å². The summed E-state index contributed by atoms with van der Waals surface area (Å²) in [5, 5.41) is 1.42. The lowest BCUT2D eigenvalue weighted by Crippen LogP contribution is -2.54. The summed E-state index contributed by atoms with van der Waals surface area (Å²) in [6.45, 7) is 0. The van der Waals surface area contributed by atoms with Gasteiger partial charge < -0.3 is 0 Å². The number of rotatable bonds is 1. The van der Waals surface area contributed by atoms with E-state index in [2.05, 4.69) is 0 Å². The van der Waals surface area contributed by atoms with Gasteiger partial charge in [0, 0.05) is 11.9 Å². The van der Waals surface area contributed by atoms with E-state index in [1.807, 2.05) is 0 Å². The molecule has 4 amide bonds. The van der Waals surface area contributed by atoms with Gasteiger partial charge in [-0.25, -0.2) is 0 Å². The molecule has 6 heteroatoms. The Hall–Kier alpha value is -2.50. The number of carbonyl (C=O) groups is 4. The van der Waals surface area contributed by atoms with Crippen LogP contribution in [0.1, 0.15) is 45.8 Å². The zero-order valence-electron chi connectivity index (χ0n) is 18.1. The maximum Gasteiger partial charge on any atom is 0.262 e. The number of imide groups is 2. The maximum absolute atomic E-state index is 12.8. The lowest BCUT2D eigenvalue weighted by molar-refractivity contribution is -0.136. The number of fused-ring (bicyclic) bond motifs is 1. The molecule has 96 valence electrons. The summed E-state index contributed by atoms with van der Waals surface area (Å²) in [5.74, 6) is -6.65. The third-order valence-corrected chi connectivity index (χ3v) is 2.48. The molecule has 0 aromatic heterocycles. The molecule has 0 radical (unpaired) electrons. The van der Waals surface area contributed by atoms with Gasteiger partial charge in [-0.05, 0) is 18.5 Å². The van der Waals surface area contributed by atoms with E-state index >= 15 is 0 Å². The van der Waals surface area contributed by atoms with Gasteiger partial charge in [0.25, 0.3) is 11.8 Å². The van der Waals surface area contributed by atoms with Crippen LogP contribution in [0.15, 0.2) is 24.2 Å². The maximum atomic E-state index is 12.8. The molecule has 1 saturated heterocycles. The zero-order valence-corrected chi connectivity index (χ0v) is 9.08. The highest BCUT2D eigenvalue weighted by molar-refractivity contribution is 6.23. The van der Waals surface area contributed by atoms with Crippen LogP contribution < -0.4 is 5.32 Å². The van der Waals surface area contributed by atoms with E-state index in [0.717, 1.165) is 0 Å². The van der Waals surface area contributed by atoms with E-state index in [9.17, 15) is 19.2 Å². The number of benzene rings is 1. The molecule has 19 heavy (non-hydrogen) atoms. The fraction of sp³-hybridized carbons (Fsp3) is 0.231. The SMILES string of the molecule is [2H]c1c([2H])c([2H])c2c(c1[2H])C(=O)N([C@@]1([2H])C(=O)NC(=O)C([2H])([2H])C1([2H])[2H])C2=O. The van der Waals surface area contributed by atoms with Gasteiger partial charge >= 0.3 is 0 Å². The largest absolute Gasteiger partial charge is 0.295 e. The van der Waals surface area contributed by atoms with Crippen LogP contribution in [-0.2, 0) is 9.59 Å².